The zero-order valence-corrected chi connectivity index (χ0v) is 12.9. The van der Waals surface area contributed by atoms with Crippen LogP contribution in [0, 0.1) is 13.8 Å². The Morgan fingerprint density at radius 1 is 1.14 bits per heavy atom. The highest BCUT2D eigenvalue weighted by Gasteiger charge is 2.16. The highest BCUT2D eigenvalue weighted by atomic mass is 35.5. The molecule has 1 aromatic heterocycles. The maximum absolute atomic E-state index is 12.2. The summed E-state index contributed by atoms with van der Waals surface area (Å²) in [4.78, 5) is 14.9. The van der Waals surface area contributed by atoms with Gasteiger partial charge < -0.3 is 14.8 Å². The lowest BCUT2D eigenvalue weighted by Gasteiger charge is -2.11. The first kappa shape index (κ1) is 14.5. The fraction of sp³-hybridized carbons (Fsp3) is 0.118. The number of pyridine rings is 1. The normalized spacial score (nSPS) is 10.9. The number of aromatic nitrogens is 1. The van der Waals surface area contributed by atoms with Gasteiger partial charge in [-0.05, 0) is 43.2 Å². The van der Waals surface area contributed by atoms with Gasteiger partial charge in [-0.15, -0.1) is 0 Å². The number of halogens is 1. The third-order valence-corrected chi connectivity index (χ3v) is 3.94. The number of para-hydroxylation sites is 1. The average Bonchev–Trinajstić information content (AvgIpc) is 2.48. The number of aromatic amines is 1. The number of H-pyrrole nitrogens is 1. The van der Waals surface area contributed by atoms with E-state index < -0.39 is 5.56 Å². The van der Waals surface area contributed by atoms with Crippen molar-refractivity contribution in [2.24, 2.45) is 0 Å². The van der Waals surface area contributed by atoms with Gasteiger partial charge in [-0.25, -0.2) is 0 Å². The number of hydrogen-bond donors (Lipinski definition) is 2. The van der Waals surface area contributed by atoms with Gasteiger partial charge in [0.2, 0.25) is 5.75 Å². The van der Waals surface area contributed by atoms with Crippen LogP contribution >= 0.6 is 11.6 Å². The fourth-order valence-corrected chi connectivity index (χ4v) is 2.43. The molecule has 0 unspecified atom stereocenters. The van der Waals surface area contributed by atoms with E-state index in [9.17, 15) is 9.90 Å². The highest BCUT2D eigenvalue weighted by molar-refractivity contribution is 6.32. The Labute approximate surface area is 131 Å². The van der Waals surface area contributed by atoms with Crippen molar-refractivity contribution in [3.05, 3.63) is 62.9 Å². The number of fused-ring (bicyclic) bond motifs is 1. The second-order valence-corrected chi connectivity index (χ2v) is 5.55. The van der Waals surface area contributed by atoms with Gasteiger partial charge in [-0.2, -0.15) is 0 Å². The SMILES string of the molecule is Cc1cc2c(O)c(Oc3ccccc3C)c(=O)[nH]c2cc1Cl. The van der Waals surface area contributed by atoms with Crippen LogP contribution < -0.4 is 10.3 Å². The Kier molecular flexibility index (Phi) is 3.54. The molecule has 112 valence electrons. The van der Waals surface area contributed by atoms with Gasteiger partial charge in [0.25, 0.3) is 5.56 Å². The van der Waals surface area contributed by atoms with Gasteiger partial charge in [0, 0.05) is 10.4 Å². The summed E-state index contributed by atoms with van der Waals surface area (Å²) in [6, 6.07) is 10.6. The molecule has 22 heavy (non-hydrogen) atoms. The van der Waals surface area contributed by atoms with Crippen LogP contribution in [0.3, 0.4) is 0 Å². The maximum atomic E-state index is 12.2. The van der Waals surface area contributed by atoms with Crippen LogP contribution in [-0.2, 0) is 0 Å². The topological polar surface area (TPSA) is 62.3 Å². The van der Waals surface area contributed by atoms with Crippen molar-refractivity contribution in [1.29, 1.82) is 0 Å². The average molecular weight is 316 g/mol. The van der Waals surface area contributed by atoms with Gasteiger partial charge in [0.1, 0.15) is 5.75 Å². The van der Waals surface area contributed by atoms with Crippen molar-refractivity contribution >= 4 is 22.5 Å². The van der Waals surface area contributed by atoms with Crippen molar-refractivity contribution < 1.29 is 9.84 Å². The fourth-order valence-electron chi connectivity index (χ4n) is 2.27. The van der Waals surface area contributed by atoms with Crippen LogP contribution in [0.4, 0.5) is 0 Å². The Morgan fingerprint density at radius 2 is 1.86 bits per heavy atom. The van der Waals surface area contributed by atoms with E-state index in [4.69, 9.17) is 16.3 Å². The Hall–Kier alpha value is -2.46. The van der Waals surface area contributed by atoms with Gasteiger partial charge in [-0.3, -0.25) is 4.79 Å². The van der Waals surface area contributed by atoms with Crippen LogP contribution in [0.25, 0.3) is 10.9 Å². The van der Waals surface area contributed by atoms with E-state index in [2.05, 4.69) is 4.98 Å². The monoisotopic (exact) mass is 315 g/mol. The van der Waals surface area contributed by atoms with E-state index in [1.54, 1.807) is 24.3 Å². The van der Waals surface area contributed by atoms with Crippen molar-refractivity contribution in [3.8, 4) is 17.2 Å². The largest absolute Gasteiger partial charge is 0.504 e. The van der Waals surface area contributed by atoms with E-state index in [0.717, 1.165) is 11.1 Å². The quantitative estimate of drug-likeness (QED) is 0.741. The summed E-state index contributed by atoms with van der Waals surface area (Å²) < 4.78 is 5.62. The molecule has 3 rings (SSSR count). The van der Waals surface area contributed by atoms with E-state index >= 15 is 0 Å². The molecule has 0 atom stereocenters. The van der Waals surface area contributed by atoms with E-state index in [1.165, 1.54) is 0 Å². The smallest absolute Gasteiger partial charge is 0.295 e. The van der Waals surface area contributed by atoms with Crippen molar-refractivity contribution in [3.63, 3.8) is 0 Å². The summed E-state index contributed by atoms with van der Waals surface area (Å²) in [5.41, 5.74) is 1.63. The molecule has 0 aliphatic carbocycles. The first-order valence-corrected chi connectivity index (χ1v) is 7.13. The number of benzene rings is 2. The van der Waals surface area contributed by atoms with Gasteiger partial charge in [0.05, 0.1) is 5.52 Å². The van der Waals surface area contributed by atoms with Gasteiger partial charge in [-0.1, -0.05) is 29.8 Å². The Balaban J connectivity index is 2.20. The molecular formula is C17H14ClNO3. The number of hydrogen-bond acceptors (Lipinski definition) is 3. The number of nitrogens with one attached hydrogen (secondary N) is 1. The van der Waals surface area contributed by atoms with Crippen LogP contribution in [0.5, 0.6) is 17.2 Å². The molecule has 4 nitrogen and oxygen atoms in total. The molecule has 2 N–H and O–H groups in total. The molecule has 0 fully saturated rings. The predicted molar refractivity (Wildman–Crippen MR) is 87.2 cm³/mol. The molecule has 0 saturated heterocycles. The summed E-state index contributed by atoms with van der Waals surface area (Å²) in [5.74, 6) is 0.207. The minimum Gasteiger partial charge on any atom is -0.504 e. The number of rotatable bonds is 2. The molecule has 0 saturated carbocycles. The zero-order chi connectivity index (χ0) is 15.9. The van der Waals surface area contributed by atoms with Crippen LogP contribution in [-0.4, -0.2) is 10.1 Å². The summed E-state index contributed by atoms with van der Waals surface area (Å²) in [5, 5.41) is 11.4. The van der Waals surface area contributed by atoms with Crippen LogP contribution in [0.1, 0.15) is 11.1 Å². The molecule has 0 aliphatic rings. The first-order chi connectivity index (χ1) is 10.5. The Morgan fingerprint density at radius 3 is 2.59 bits per heavy atom. The number of aryl methyl sites for hydroxylation is 2. The summed E-state index contributed by atoms with van der Waals surface area (Å²) in [7, 11) is 0. The third-order valence-electron chi connectivity index (χ3n) is 3.53. The molecule has 0 aliphatic heterocycles. The molecule has 3 aromatic rings. The minimum absolute atomic E-state index is 0.122. The Bertz CT molecular complexity index is 931. The second-order valence-electron chi connectivity index (χ2n) is 5.15. The molecule has 1 heterocycles. The summed E-state index contributed by atoms with van der Waals surface area (Å²) in [6.45, 7) is 3.69. The van der Waals surface area contributed by atoms with Crippen LogP contribution in [0.2, 0.25) is 5.02 Å². The predicted octanol–water partition coefficient (Wildman–Crippen LogP) is 4.30. The van der Waals surface area contributed by atoms with Crippen molar-refractivity contribution in [2.75, 3.05) is 0 Å². The lowest BCUT2D eigenvalue weighted by atomic mass is 10.1. The van der Waals surface area contributed by atoms with Gasteiger partial charge in [0.15, 0.2) is 5.75 Å². The summed E-state index contributed by atoms with van der Waals surface area (Å²) in [6.07, 6.45) is 0. The molecule has 0 spiro atoms. The van der Waals surface area contributed by atoms with E-state index in [0.29, 0.717) is 21.7 Å². The molecular weight excluding hydrogens is 302 g/mol. The molecule has 0 radical (unpaired) electrons. The number of aromatic hydroxyl groups is 1. The number of ether oxygens (including phenoxy) is 1. The maximum Gasteiger partial charge on any atom is 0.295 e. The molecule has 5 heteroatoms. The highest BCUT2D eigenvalue weighted by Crippen LogP contribution is 2.35. The van der Waals surface area contributed by atoms with Gasteiger partial charge >= 0.3 is 0 Å². The van der Waals surface area contributed by atoms with E-state index in [-0.39, 0.29) is 11.5 Å². The standard InChI is InChI=1S/C17H14ClNO3/c1-9-5-3-4-6-14(9)22-16-15(20)11-7-10(2)12(18)8-13(11)19-17(16)21/h3-8H,1-2H3,(H2,19,20,21). The second kappa shape index (κ2) is 5.39. The zero-order valence-electron chi connectivity index (χ0n) is 12.1. The molecule has 2 aromatic carbocycles. The molecule has 0 amide bonds. The third kappa shape index (κ3) is 2.42. The summed E-state index contributed by atoms with van der Waals surface area (Å²) >= 11 is 6.05. The van der Waals surface area contributed by atoms with Crippen LogP contribution in [0.15, 0.2) is 41.2 Å². The lowest BCUT2D eigenvalue weighted by Crippen LogP contribution is -2.09. The van der Waals surface area contributed by atoms with Crippen molar-refractivity contribution in [2.45, 2.75) is 13.8 Å². The van der Waals surface area contributed by atoms with E-state index in [1.807, 2.05) is 26.0 Å². The van der Waals surface area contributed by atoms with Crippen molar-refractivity contribution in [1.82, 2.24) is 4.98 Å². The molecule has 0 bridgehead atoms. The minimum atomic E-state index is -0.506. The first-order valence-electron chi connectivity index (χ1n) is 6.76. The lowest BCUT2D eigenvalue weighted by molar-refractivity contribution is 0.409.